The van der Waals surface area contributed by atoms with E-state index in [2.05, 4.69) is 67.6 Å². The predicted molar refractivity (Wildman–Crippen MR) is 95.1 cm³/mol. The molecule has 2 aromatic rings. The average molecular weight is 301 g/mol. The van der Waals surface area contributed by atoms with Gasteiger partial charge in [-0.05, 0) is 40.8 Å². The highest BCUT2D eigenvalue weighted by atomic mass is 32.2. The van der Waals surface area contributed by atoms with E-state index in [0.29, 0.717) is 5.25 Å². The van der Waals surface area contributed by atoms with E-state index in [1.165, 1.54) is 33.4 Å². The van der Waals surface area contributed by atoms with Crippen LogP contribution < -0.4 is 0 Å². The highest BCUT2D eigenvalue weighted by Gasteiger charge is 2.51. The highest BCUT2D eigenvalue weighted by molar-refractivity contribution is 8.12. The van der Waals surface area contributed by atoms with Crippen LogP contribution in [0.1, 0.15) is 33.1 Å². The van der Waals surface area contributed by atoms with Gasteiger partial charge >= 0.3 is 0 Å². The number of hydrogen-bond acceptors (Lipinski definition) is 2. The Hall–Kier alpha value is -2.06. The summed E-state index contributed by atoms with van der Waals surface area (Å²) in [7, 11) is 0. The van der Waals surface area contributed by atoms with Crippen LogP contribution in [0.15, 0.2) is 59.1 Å². The molecule has 0 amide bonds. The number of aryl methyl sites for hydroxylation is 1. The minimum absolute atomic E-state index is 0.241. The van der Waals surface area contributed by atoms with Gasteiger partial charge in [0.1, 0.15) is 5.54 Å². The maximum atomic E-state index is 5.01. The van der Waals surface area contributed by atoms with Gasteiger partial charge < -0.3 is 0 Å². The van der Waals surface area contributed by atoms with Crippen molar-refractivity contribution in [3.8, 4) is 0 Å². The number of rotatable bonds is 0. The lowest BCUT2D eigenvalue weighted by molar-refractivity contribution is 0.531. The van der Waals surface area contributed by atoms with Gasteiger partial charge in [0.2, 0.25) is 0 Å². The van der Waals surface area contributed by atoms with Gasteiger partial charge in [-0.25, -0.2) is 0 Å². The van der Waals surface area contributed by atoms with Crippen LogP contribution in [0, 0.1) is 6.92 Å². The summed E-state index contributed by atoms with van der Waals surface area (Å²) >= 11 is 1.85. The van der Waals surface area contributed by atoms with E-state index in [0.717, 1.165) is 0 Å². The topological polar surface area (TPSA) is 12.4 Å². The van der Waals surface area contributed by atoms with Crippen LogP contribution in [0.2, 0.25) is 0 Å². The number of hydrogen-bond donors (Lipinski definition) is 0. The van der Waals surface area contributed by atoms with E-state index in [9.17, 15) is 0 Å². The van der Waals surface area contributed by atoms with Crippen LogP contribution in [-0.2, 0) is 5.54 Å². The second-order valence-electron chi connectivity index (χ2n) is 6.17. The Labute approximate surface area is 134 Å². The Balaban J connectivity index is 1.87. The first-order valence-corrected chi connectivity index (χ1v) is 8.53. The number of aliphatic imine (C=N–C) groups is 1. The molecule has 0 aromatic heterocycles. The molecule has 1 heterocycles. The zero-order chi connectivity index (χ0) is 14.7. The van der Waals surface area contributed by atoms with Crippen molar-refractivity contribution in [2.75, 3.05) is 0 Å². The van der Waals surface area contributed by atoms with Gasteiger partial charge in [-0.3, -0.25) is 4.99 Å². The molecule has 0 saturated heterocycles. The third-order valence-corrected chi connectivity index (χ3v) is 6.02. The van der Waals surface area contributed by atoms with Crippen molar-refractivity contribution in [2.24, 2.45) is 4.99 Å². The Morgan fingerprint density at radius 1 is 1.05 bits per heavy atom. The molecule has 22 heavy (non-hydrogen) atoms. The summed E-state index contributed by atoms with van der Waals surface area (Å²) in [6.45, 7) is 2.16. The van der Waals surface area contributed by atoms with Crippen LogP contribution >= 0.6 is 11.8 Å². The fourth-order valence-electron chi connectivity index (χ4n) is 3.89. The standard InChI is InChI=1S/C20H15NS/c1-13-6-7-14-8-9-16-11-15-4-2-3-5-17(15)19-20(16,18(14)10-13)21-12-22-19/h2-12,19H,1H3. The van der Waals surface area contributed by atoms with Gasteiger partial charge in [0, 0.05) is 0 Å². The molecular weight excluding hydrogens is 286 g/mol. The first-order valence-electron chi connectivity index (χ1n) is 7.58. The zero-order valence-corrected chi connectivity index (χ0v) is 13.1. The van der Waals surface area contributed by atoms with E-state index >= 15 is 0 Å². The molecule has 0 radical (unpaired) electrons. The third-order valence-electron chi connectivity index (χ3n) is 4.92. The van der Waals surface area contributed by atoms with Crippen molar-refractivity contribution in [3.05, 3.63) is 81.9 Å². The molecule has 0 N–H and O–H groups in total. The predicted octanol–water partition coefficient (Wildman–Crippen LogP) is 5.13. The Morgan fingerprint density at radius 3 is 2.91 bits per heavy atom. The number of nitrogens with zero attached hydrogens (tertiary/aromatic N) is 1. The van der Waals surface area contributed by atoms with Gasteiger partial charge in [-0.15, -0.1) is 11.8 Å². The van der Waals surface area contributed by atoms with Crippen LogP contribution in [0.25, 0.3) is 12.2 Å². The number of fused-ring (bicyclic) bond motifs is 3. The van der Waals surface area contributed by atoms with Crippen LogP contribution in [0.3, 0.4) is 0 Å². The van der Waals surface area contributed by atoms with Gasteiger partial charge in [0.25, 0.3) is 0 Å². The first-order chi connectivity index (χ1) is 10.8. The van der Waals surface area contributed by atoms with Crippen molar-refractivity contribution >= 4 is 29.5 Å². The van der Waals surface area contributed by atoms with Crippen molar-refractivity contribution in [1.29, 1.82) is 0 Å². The summed E-state index contributed by atoms with van der Waals surface area (Å²) in [5.74, 6) is 0. The summed E-state index contributed by atoms with van der Waals surface area (Å²) in [6, 6.07) is 15.5. The van der Waals surface area contributed by atoms with Crippen LogP contribution in [-0.4, -0.2) is 5.55 Å². The molecule has 0 fully saturated rings. The van der Waals surface area contributed by atoms with Crippen molar-refractivity contribution in [3.63, 3.8) is 0 Å². The fraction of sp³-hybridized carbons (Fsp3) is 0.150. The van der Waals surface area contributed by atoms with Gasteiger partial charge in [0.05, 0.1) is 10.8 Å². The Bertz CT molecular complexity index is 890. The molecule has 2 unspecified atom stereocenters. The van der Waals surface area contributed by atoms with Gasteiger partial charge in [0.15, 0.2) is 0 Å². The van der Waals surface area contributed by atoms with Gasteiger partial charge in [-0.2, -0.15) is 0 Å². The molecule has 2 aromatic carbocycles. The highest BCUT2D eigenvalue weighted by Crippen LogP contribution is 2.60. The number of benzene rings is 2. The lowest BCUT2D eigenvalue weighted by atomic mass is 9.69. The van der Waals surface area contributed by atoms with Crippen molar-refractivity contribution in [1.82, 2.24) is 0 Å². The second-order valence-corrected chi connectivity index (χ2v) is 7.12. The molecule has 2 atom stereocenters. The van der Waals surface area contributed by atoms with E-state index in [1.807, 2.05) is 17.3 Å². The zero-order valence-electron chi connectivity index (χ0n) is 12.3. The van der Waals surface area contributed by atoms with E-state index < -0.39 is 0 Å². The molecule has 2 heteroatoms. The molecule has 1 nitrogen and oxygen atoms in total. The third kappa shape index (κ3) is 1.43. The van der Waals surface area contributed by atoms with E-state index in [4.69, 9.17) is 4.99 Å². The van der Waals surface area contributed by atoms with Crippen molar-refractivity contribution < 1.29 is 0 Å². The molecule has 3 aliphatic rings. The van der Waals surface area contributed by atoms with Crippen LogP contribution in [0.4, 0.5) is 0 Å². The SMILES string of the molecule is Cc1ccc2c(c1)C13N=CSC1c1ccccc1C=C3C=C2. The summed E-state index contributed by atoms with van der Waals surface area (Å²) < 4.78 is 0. The maximum absolute atomic E-state index is 5.01. The number of thioether (sulfide) groups is 1. The fourth-order valence-corrected chi connectivity index (χ4v) is 5.12. The summed E-state index contributed by atoms with van der Waals surface area (Å²) in [5.41, 5.74) is 9.80. The largest absolute Gasteiger partial charge is 0.269 e. The molecule has 106 valence electrons. The van der Waals surface area contributed by atoms with Crippen LogP contribution in [0.5, 0.6) is 0 Å². The van der Waals surface area contributed by atoms with E-state index in [1.54, 1.807) is 0 Å². The summed E-state index contributed by atoms with van der Waals surface area (Å²) in [5, 5.41) is 0.342. The van der Waals surface area contributed by atoms with E-state index in [-0.39, 0.29) is 5.54 Å². The molecule has 1 spiro atoms. The lowest BCUT2D eigenvalue weighted by Crippen LogP contribution is -2.34. The Morgan fingerprint density at radius 2 is 1.95 bits per heavy atom. The molecule has 0 saturated carbocycles. The molecule has 1 aliphatic heterocycles. The average Bonchev–Trinajstić information content (AvgIpc) is 2.99. The first kappa shape index (κ1) is 12.5. The smallest absolute Gasteiger partial charge is 0.128 e. The summed E-state index contributed by atoms with van der Waals surface area (Å²) in [6.07, 6.45) is 6.80. The molecular formula is C20H15NS. The maximum Gasteiger partial charge on any atom is 0.128 e. The molecule has 2 aliphatic carbocycles. The minimum Gasteiger partial charge on any atom is -0.269 e. The monoisotopic (exact) mass is 301 g/mol. The normalized spacial score (nSPS) is 26.8. The minimum atomic E-state index is -0.241. The lowest BCUT2D eigenvalue weighted by Gasteiger charge is -2.41. The molecule has 5 rings (SSSR count). The van der Waals surface area contributed by atoms with Crippen molar-refractivity contribution in [2.45, 2.75) is 17.7 Å². The molecule has 0 bridgehead atoms. The van der Waals surface area contributed by atoms with Gasteiger partial charge in [-0.1, -0.05) is 60.2 Å². The quantitative estimate of drug-likeness (QED) is 0.657. The Kier molecular flexibility index (Phi) is 2.40. The second kappa shape index (κ2) is 4.23. The summed E-state index contributed by atoms with van der Waals surface area (Å²) in [4.78, 5) is 5.01.